The summed E-state index contributed by atoms with van der Waals surface area (Å²) in [6.45, 7) is 0.442. The van der Waals surface area contributed by atoms with Crippen molar-refractivity contribution >= 4 is 27.5 Å². The van der Waals surface area contributed by atoms with E-state index < -0.39 is 9.84 Å². The summed E-state index contributed by atoms with van der Waals surface area (Å²) in [6.07, 6.45) is 2.90. The number of benzene rings is 1. The molecule has 1 aromatic heterocycles. The van der Waals surface area contributed by atoms with Crippen molar-refractivity contribution in [1.82, 2.24) is 9.88 Å². The van der Waals surface area contributed by atoms with Gasteiger partial charge in [-0.3, -0.25) is 9.78 Å². The molecule has 0 radical (unpaired) electrons. The second-order valence-electron chi connectivity index (χ2n) is 5.36. The maximum absolute atomic E-state index is 12.2. The summed E-state index contributed by atoms with van der Waals surface area (Å²) in [5, 5.41) is -0.0988. The SMILES string of the molecule is CS(=O)(=O)c1ccc(CN2C(=O)CSC2c2ccccn2)cc1. The third-order valence-corrected chi connectivity index (χ3v) is 5.97. The molecule has 1 amide bonds. The Kier molecular flexibility index (Phi) is 4.41. The summed E-state index contributed by atoms with van der Waals surface area (Å²) in [6, 6.07) is 12.3. The lowest BCUT2D eigenvalue weighted by Crippen LogP contribution is -2.28. The van der Waals surface area contributed by atoms with Gasteiger partial charge in [0.2, 0.25) is 5.91 Å². The van der Waals surface area contributed by atoms with Crippen LogP contribution < -0.4 is 0 Å². The van der Waals surface area contributed by atoms with Crippen LogP contribution in [0, 0.1) is 0 Å². The van der Waals surface area contributed by atoms with Crippen molar-refractivity contribution in [2.24, 2.45) is 0 Å². The third kappa shape index (κ3) is 3.56. The van der Waals surface area contributed by atoms with Gasteiger partial charge in [0.25, 0.3) is 0 Å². The smallest absolute Gasteiger partial charge is 0.234 e. The van der Waals surface area contributed by atoms with Crippen molar-refractivity contribution in [2.75, 3.05) is 12.0 Å². The standard InChI is InChI=1S/C16H16N2O3S2/c1-23(20,21)13-7-5-12(6-8-13)10-18-15(19)11-22-16(18)14-4-2-3-9-17-14/h2-9,16H,10-11H2,1H3. The average molecular weight is 348 g/mol. The first kappa shape index (κ1) is 16.0. The number of amides is 1. The first-order valence-corrected chi connectivity index (χ1v) is 10.0. The number of rotatable bonds is 4. The van der Waals surface area contributed by atoms with Crippen LogP contribution in [-0.2, 0) is 21.2 Å². The fraction of sp³-hybridized carbons (Fsp3) is 0.250. The minimum absolute atomic E-state index is 0.0674. The quantitative estimate of drug-likeness (QED) is 0.848. The molecule has 0 spiro atoms. The maximum atomic E-state index is 12.2. The average Bonchev–Trinajstić information content (AvgIpc) is 2.89. The molecule has 23 heavy (non-hydrogen) atoms. The van der Waals surface area contributed by atoms with Gasteiger partial charge in [0.1, 0.15) is 5.37 Å². The van der Waals surface area contributed by atoms with E-state index in [2.05, 4.69) is 4.98 Å². The lowest BCUT2D eigenvalue weighted by Gasteiger charge is -2.23. The zero-order valence-corrected chi connectivity index (χ0v) is 14.2. The molecule has 1 aromatic carbocycles. The first-order chi connectivity index (χ1) is 10.9. The van der Waals surface area contributed by atoms with Crippen LogP contribution in [0.1, 0.15) is 16.6 Å². The van der Waals surface area contributed by atoms with Gasteiger partial charge in [0.15, 0.2) is 9.84 Å². The Bertz CT molecular complexity index is 805. The van der Waals surface area contributed by atoms with Gasteiger partial charge in [-0.25, -0.2) is 8.42 Å². The van der Waals surface area contributed by atoms with Crippen molar-refractivity contribution in [2.45, 2.75) is 16.8 Å². The van der Waals surface area contributed by atoms with Crippen molar-refractivity contribution in [3.63, 3.8) is 0 Å². The molecule has 120 valence electrons. The third-order valence-electron chi connectivity index (χ3n) is 3.61. The highest BCUT2D eigenvalue weighted by atomic mass is 32.2. The van der Waals surface area contributed by atoms with Crippen LogP contribution in [-0.4, -0.2) is 36.2 Å². The molecule has 1 unspecified atom stereocenters. The lowest BCUT2D eigenvalue weighted by molar-refractivity contribution is -0.128. The van der Waals surface area contributed by atoms with Crippen molar-refractivity contribution in [3.05, 3.63) is 59.9 Å². The van der Waals surface area contributed by atoms with Crippen molar-refractivity contribution in [1.29, 1.82) is 0 Å². The highest BCUT2D eigenvalue weighted by Crippen LogP contribution is 2.38. The molecule has 1 saturated heterocycles. The highest BCUT2D eigenvalue weighted by molar-refractivity contribution is 8.00. The molecule has 1 fully saturated rings. The molecular formula is C16H16N2O3S2. The number of aromatic nitrogens is 1. The van der Waals surface area contributed by atoms with E-state index in [0.29, 0.717) is 12.3 Å². The van der Waals surface area contributed by atoms with Crippen LogP contribution in [0.15, 0.2) is 53.6 Å². The zero-order chi connectivity index (χ0) is 16.4. The van der Waals surface area contributed by atoms with Gasteiger partial charge in [-0.1, -0.05) is 18.2 Å². The number of carbonyl (C=O) groups excluding carboxylic acids is 1. The molecule has 0 saturated carbocycles. The van der Waals surface area contributed by atoms with Crippen molar-refractivity contribution in [3.8, 4) is 0 Å². The second-order valence-corrected chi connectivity index (χ2v) is 8.44. The van der Waals surface area contributed by atoms with Crippen LogP contribution in [0.3, 0.4) is 0 Å². The largest absolute Gasteiger partial charge is 0.320 e. The molecule has 7 heteroatoms. The summed E-state index contributed by atoms with van der Waals surface area (Å²) >= 11 is 1.56. The van der Waals surface area contributed by atoms with E-state index in [1.54, 1.807) is 47.1 Å². The minimum Gasteiger partial charge on any atom is -0.320 e. The number of hydrogen-bond acceptors (Lipinski definition) is 5. The van der Waals surface area contributed by atoms with Gasteiger partial charge in [0.05, 0.1) is 16.3 Å². The normalized spacial score (nSPS) is 18.4. The van der Waals surface area contributed by atoms with Gasteiger partial charge in [-0.2, -0.15) is 0 Å². The van der Waals surface area contributed by atoms with Crippen LogP contribution in [0.5, 0.6) is 0 Å². The van der Waals surface area contributed by atoms with Crippen LogP contribution >= 0.6 is 11.8 Å². The van der Waals surface area contributed by atoms with E-state index in [1.165, 1.54) is 6.26 Å². The topological polar surface area (TPSA) is 67.3 Å². The first-order valence-electron chi connectivity index (χ1n) is 7.06. The number of carbonyl (C=O) groups is 1. The Morgan fingerprint density at radius 2 is 1.96 bits per heavy atom. The maximum Gasteiger partial charge on any atom is 0.234 e. The fourth-order valence-electron chi connectivity index (χ4n) is 2.43. The molecule has 5 nitrogen and oxygen atoms in total. The summed E-state index contributed by atoms with van der Waals surface area (Å²) in [5.74, 6) is 0.501. The Hall–Kier alpha value is -1.86. The van der Waals surface area contributed by atoms with E-state index in [-0.39, 0.29) is 16.2 Å². The zero-order valence-electron chi connectivity index (χ0n) is 12.5. The molecule has 2 heterocycles. The molecular weight excluding hydrogens is 332 g/mol. The summed E-state index contributed by atoms with van der Waals surface area (Å²) in [7, 11) is -3.21. The van der Waals surface area contributed by atoms with E-state index in [0.717, 1.165) is 11.3 Å². The van der Waals surface area contributed by atoms with Crippen LogP contribution in [0.2, 0.25) is 0 Å². The van der Waals surface area contributed by atoms with E-state index in [9.17, 15) is 13.2 Å². The minimum atomic E-state index is -3.21. The molecule has 2 aromatic rings. The predicted octanol–water partition coefficient (Wildman–Crippen LogP) is 2.26. The number of pyridine rings is 1. The van der Waals surface area contributed by atoms with Gasteiger partial charge in [0, 0.05) is 19.0 Å². The molecule has 0 aliphatic carbocycles. The predicted molar refractivity (Wildman–Crippen MR) is 89.5 cm³/mol. The lowest BCUT2D eigenvalue weighted by atomic mass is 10.2. The second kappa shape index (κ2) is 6.33. The number of nitrogens with zero attached hydrogens (tertiary/aromatic N) is 2. The van der Waals surface area contributed by atoms with Gasteiger partial charge in [-0.05, 0) is 29.8 Å². The molecule has 1 aliphatic heterocycles. The Labute approximate surface area is 139 Å². The van der Waals surface area contributed by atoms with E-state index in [1.807, 2.05) is 18.2 Å². The van der Waals surface area contributed by atoms with Gasteiger partial charge >= 0.3 is 0 Å². The summed E-state index contributed by atoms with van der Waals surface area (Å²) in [5.41, 5.74) is 1.75. The molecule has 3 rings (SSSR count). The molecule has 1 atom stereocenters. The molecule has 1 aliphatic rings. The van der Waals surface area contributed by atoms with Gasteiger partial charge < -0.3 is 4.90 Å². The Morgan fingerprint density at radius 3 is 2.57 bits per heavy atom. The van der Waals surface area contributed by atoms with E-state index >= 15 is 0 Å². The van der Waals surface area contributed by atoms with E-state index in [4.69, 9.17) is 0 Å². The Balaban J connectivity index is 1.81. The Morgan fingerprint density at radius 1 is 1.22 bits per heavy atom. The van der Waals surface area contributed by atoms with Crippen LogP contribution in [0.25, 0.3) is 0 Å². The van der Waals surface area contributed by atoms with Crippen LogP contribution in [0.4, 0.5) is 0 Å². The highest BCUT2D eigenvalue weighted by Gasteiger charge is 2.33. The van der Waals surface area contributed by atoms with Gasteiger partial charge in [-0.15, -0.1) is 11.8 Å². The summed E-state index contributed by atoms with van der Waals surface area (Å²) < 4.78 is 23.0. The number of thioether (sulfide) groups is 1. The fourth-order valence-corrected chi connectivity index (χ4v) is 4.21. The monoisotopic (exact) mass is 348 g/mol. The molecule has 0 N–H and O–H groups in total. The molecule has 0 bridgehead atoms. The van der Waals surface area contributed by atoms with Crippen molar-refractivity contribution < 1.29 is 13.2 Å². The number of hydrogen-bond donors (Lipinski definition) is 0. The number of sulfone groups is 1. The summed E-state index contributed by atoms with van der Waals surface area (Å²) in [4.78, 5) is 18.6.